The minimum Gasteiger partial charge on any atom is -0.490 e. The highest BCUT2D eigenvalue weighted by Crippen LogP contribution is 2.39. The number of rotatable bonds is 13. The summed E-state index contributed by atoms with van der Waals surface area (Å²) in [7, 11) is 0. The molecular formula is C35H34N4O7. The van der Waals surface area contributed by atoms with Crippen LogP contribution in [0.3, 0.4) is 0 Å². The number of benzene rings is 3. The van der Waals surface area contributed by atoms with Crippen LogP contribution in [0.5, 0.6) is 17.2 Å². The number of ether oxygens (including phenoxy) is 3. The molecule has 11 heteroatoms. The van der Waals surface area contributed by atoms with Crippen LogP contribution in [0.4, 0.5) is 5.69 Å². The summed E-state index contributed by atoms with van der Waals surface area (Å²) < 4.78 is 25.1. The number of hydrogen-bond acceptors (Lipinski definition) is 8. The Labute approximate surface area is 266 Å². The number of carbonyl (C=O) groups is 1. The molecule has 0 saturated heterocycles. The van der Waals surface area contributed by atoms with E-state index in [1.807, 2.05) is 55.5 Å². The number of aryl methyl sites for hydroxylation is 3. The maximum Gasteiger partial charge on any atom is 0.315 e. The first kappa shape index (κ1) is 31.6. The van der Waals surface area contributed by atoms with Gasteiger partial charge in [0.1, 0.15) is 24.7 Å². The number of nitrogens with one attached hydrogen (secondary N) is 1. The van der Waals surface area contributed by atoms with Crippen molar-refractivity contribution < 1.29 is 28.3 Å². The Hall–Kier alpha value is -5.84. The van der Waals surface area contributed by atoms with Gasteiger partial charge in [-0.05, 0) is 87.9 Å². The molecule has 11 nitrogen and oxygen atoms in total. The zero-order valence-corrected chi connectivity index (χ0v) is 26.0. The van der Waals surface area contributed by atoms with Gasteiger partial charge < -0.3 is 23.2 Å². The number of nitro groups is 1. The molecule has 236 valence electrons. The fourth-order valence-corrected chi connectivity index (χ4v) is 4.90. The van der Waals surface area contributed by atoms with Crippen LogP contribution in [-0.2, 0) is 13.2 Å². The lowest BCUT2D eigenvalue weighted by molar-refractivity contribution is -0.386. The summed E-state index contributed by atoms with van der Waals surface area (Å²) in [6, 6.07) is 25.6. The molecule has 0 saturated carbocycles. The predicted octanol–water partition coefficient (Wildman–Crippen LogP) is 7.22. The van der Waals surface area contributed by atoms with E-state index >= 15 is 0 Å². The van der Waals surface area contributed by atoms with E-state index < -0.39 is 10.8 Å². The maximum absolute atomic E-state index is 12.7. The van der Waals surface area contributed by atoms with E-state index in [4.69, 9.17) is 18.6 Å². The van der Waals surface area contributed by atoms with E-state index in [1.54, 1.807) is 19.1 Å². The average molecular weight is 623 g/mol. The fraction of sp³-hybridized carbons (Fsp3) is 0.200. The molecule has 1 amide bonds. The predicted molar refractivity (Wildman–Crippen MR) is 173 cm³/mol. The first-order valence-corrected chi connectivity index (χ1v) is 14.7. The zero-order chi connectivity index (χ0) is 32.6. The van der Waals surface area contributed by atoms with Crippen LogP contribution in [0.25, 0.3) is 5.69 Å². The maximum atomic E-state index is 12.7. The van der Waals surface area contributed by atoms with E-state index in [0.717, 1.165) is 28.2 Å². The van der Waals surface area contributed by atoms with Crippen molar-refractivity contribution in [1.82, 2.24) is 9.99 Å². The monoisotopic (exact) mass is 622 g/mol. The first-order chi connectivity index (χ1) is 22.2. The third-order valence-electron chi connectivity index (χ3n) is 7.03. The van der Waals surface area contributed by atoms with Crippen molar-refractivity contribution in [2.75, 3.05) is 6.61 Å². The average Bonchev–Trinajstić information content (AvgIpc) is 3.65. The molecule has 3 aromatic carbocycles. The minimum absolute atomic E-state index is 0.0157. The van der Waals surface area contributed by atoms with Crippen LogP contribution < -0.4 is 19.6 Å². The van der Waals surface area contributed by atoms with Gasteiger partial charge in [0.25, 0.3) is 0 Å². The summed E-state index contributed by atoms with van der Waals surface area (Å²) in [6.07, 6.45) is 1.28. The zero-order valence-electron chi connectivity index (χ0n) is 26.0. The molecular weight excluding hydrogens is 588 g/mol. The number of nitrogens with zero attached hydrogens (tertiary/aromatic N) is 3. The molecule has 0 aliphatic rings. The number of amides is 1. The number of hydrazone groups is 1. The Balaban J connectivity index is 1.20. The largest absolute Gasteiger partial charge is 0.490 e. The molecule has 0 radical (unpaired) electrons. The van der Waals surface area contributed by atoms with E-state index in [9.17, 15) is 14.9 Å². The molecule has 2 aromatic heterocycles. The van der Waals surface area contributed by atoms with Gasteiger partial charge in [0, 0.05) is 28.7 Å². The standard InChI is InChI=1S/C35H34N4O7/c1-5-43-33-19-27(18-31(39(41)42)34(33)45-21-26-8-6-7-23(2)17-26)20-36-37-35(40)32-16-15-30(46-32)22-44-29-13-11-28(12-14-29)38-24(3)9-10-25(38)4/h6-20H,5,21-22H2,1-4H3,(H,37,40)/b36-20+. The van der Waals surface area contributed by atoms with Crippen LogP contribution in [-0.4, -0.2) is 28.2 Å². The summed E-state index contributed by atoms with van der Waals surface area (Å²) in [5.74, 6) is 0.755. The van der Waals surface area contributed by atoms with Gasteiger partial charge in [-0.3, -0.25) is 14.9 Å². The van der Waals surface area contributed by atoms with E-state index in [0.29, 0.717) is 17.1 Å². The van der Waals surface area contributed by atoms with Crippen molar-refractivity contribution in [3.8, 4) is 22.9 Å². The molecule has 0 bridgehead atoms. The minimum atomic E-state index is -0.595. The Morgan fingerprint density at radius 3 is 2.39 bits per heavy atom. The number of hydrogen-bond donors (Lipinski definition) is 1. The van der Waals surface area contributed by atoms with Crippen molar-refractivity contribution in [3.63, 3.8) is 0 Å². The fourth-order valence-electron chi connectivity index (χ4n) is 4.90. The highest BCUT2D eigenvalue weighted by Gasteiger charge is 2.23. The van der Waals surface area contributed by atoms with Crippen LogP contribution in [0.2, 0.25) is 0 Å². The molecule has 0 unspecified atom stereocenters. The van der Waals surface area contributed by atoms with Crippen LogP contribution in [0, 0.1) is 30.9 Å². The molecule has 5 aromatic rings. The van der Waals surface area contributed by atoms with Gasteiger partial charge in [0.15, 0.2) is 11.5 Å². The van der Waals surface area contributed by atoms with Gasteiger partial charge in [-0.15, -0.1) is 0 Å². The molecule has 0 aliphatic heterocycles. The molecule has 46 heavy (non-hydrogen) atoms. The summed E-state index contributed by atoms with van der Waals surface area (Å²) >= 11 is 0. The third kappa shape index (κ3) is 7.62. The van der Waals surface area contributed by atoms with Gasteiger partial charge in [0.2, 0.25) is 5.75 Å². The molecule has 2 heterocycles. The second kappa shape index (κ2) is 14.3. The smallest absolute Gasteiger partial charge is 0.315 e. The highest BCUT2D eigenvalue weighted by molar-refractivity contribution is 5.92. The topological polar surface area (TPSA) is 130 Å². The van der Waals surface area contributed by atoms with E-state index in [2.05, 4.69) is 41.1 Å². The molecule has 0 spiro atoms. The second-order valence-corrected chi connectivity index (χ2v) is 10.5. The molecule has 0 atom stereocenters. The van der Waals surface area contributed by atoms with Crippen LogP contribution in [0.15, 0.2) is 94.4 Å². The van der Waals surface area contributed by atoms with Crippen molar-refractivity contribution in [1.29, 1.82) is 0 Å². The van der Waals surface area contributed by atoms with Crippen molar-refractivity contribution >= 4 is 17.8 Å². The van der Waals surface area contributed by atoms with Gasteiger partial charge >= 0.3 is 11.6 Å². The number of aromatic nitrogens is 1. The summed E-state index contributed by atoms with van der Waals surface area (Å²) in [5.41, 5.74) is 7.67. The quantitative estimate of drug-likeness (QED) is 0.0833. The Morgan fingerprint density at radius 2 is 1.70 bits per heavy atom. The molecule has 0 aliphatic carbocycles. The highest BCUT2D eigenvalue weighted by atomic mass is 16.6. The molecule has 5 rings (SSSR count). The van der Waals surface area contributed by atoms with Crippen LogP contribution in [0.1, 0.15) is 51.3 Å². The lowest BCUT2D eigenvalue weighted by atomic mass is 10.1. The Bertz CT molecular complexity index is 1850. The normalized spacial score (nSPS) is 11.0. The van der Waals surface area contributed by atoms with E-state index in [-0.39, 0.29) is 42.8 Å². The first-order valence-electron chi connectivity index (χ1n) is 14.7. The second-order valence-electron chi connectivity index (χ2n) is 10.5. The number of nitro benzene ring substituents is 1. The Kier molecular flexibility index (Phi) is 9.81. The Morgan fingerprint density at radius 1 is 0.935 bits per heavy atom. The SMILES string of the molecule is CCOc1cc(/C=N/NC(=O)c2ccc(COc3ccc(-n4c(C)ccc4C)cc3)o2)cc([N+](=O)[O-])c1OCc1cccc(C)c1. The third-order valence-corrected chi connectivity index (χ3v) is 7.03. The lowest BCUT2D eigenvalue weighted by Gasteiger charge is -2.13. The summed E-state index contributed by atoms with van der Waals surface area (Å²) in [5, 5.41) is 15.9. The summed E-state index contributed by atoms with van der Waals surface area (Å²) in [6.45, 7) is 8.35. The number of furan rings is 1. The van der Waals surface area contributed by atoms with Crippen molar-refractivity contribution in [3.05, 3.63) is 135 Å². The molecule has 1 N–H and O–H groups in total. The van der Waals surface area contributed by atoms with Gasteiger partial charge in [-0.25, -0.2) is 5.43 Å². The van der Waals surface area contributed by atoms with Gasteiger partial charge in [-0.2, -0.15) is 5.10 Å². The van der Waals surface area contributed by atoms with Gasteiger partial charge in [-0.1, -0.05) is 29.8 Å². The van der Waals surface area contributed by atoms with E-state index in [1.165, 1.54) is 18.3 Å². The summed E-state index contributed by atoms with van der Waals surface area (Å²) in [4.78, 5) is 24.0. The molecule has 0 fully saturated rings. The lowest BCUT2D eigenvalue weighted by Crippen LogP contribution is -2.16. The van der Waals surface area contributed by atoms with Crippen LogP contribution >= 0.6 is 0 Å². The van der Waals surface area contributed by atoms with Gasteiger partial charge in [0.05, 0.1) is 17.7 Å². The number of carbonyl (C=O) groups excluding carboxylic acids is 1. The van der Waals surface area contributed by atoms with Crippen molar-refractivity contribution in [2.45, 2.75) is 40.9 Å². The van der Waals surface area contributed by atoms with Crippen molar-refractivity contribution in [2.24, 2.45) is 5.10 Å².